The Kier molecular flexibility index (Phi) is 10.9. The Hall–Kier alpha value is -4.49. The van der Waals surface area contributed by atoms with Crippen LogP contribution in [0.25, 0.3) is 11.1 Å². The summed E-state index contributed by atoms with van der Waals surface area (Å²) in [6.07, 6.45) is 3.44. The molecule has 2 fully saturated rings. The smallest absolute Gasteiger partial charge is 0.357 e. The number of nitrogens with one attached hydrogen (secondary N) is 2. The van der Waals surface area contributed by atoms with Gasteiger partial charge in [-0.25, -0.2) is 14.8 Å². The summed E-state index contributed by atoms with van der Waals surface area (Å²) < 4.78 is 10.9. The van der Waals surface area contributed by atoms with Crippen LogP contribution in [0.1, 0.15) is 57.1 Å². The zero-order valence-corrected chi connectivity index (χ0v) is 25.1. The second-order valence-electron chi connectivity index (χ2n) is 11.1. The third-order valence-corrected chi connectivity index (χ3v) is 7.90. The van der Waals surface area contributed by atoms with E-state index in [0.717, 1.165) is 61.8 Å². The molecule has 0 radical (unpaired) electrons. The quantitative estimate of drug-likeness (QED) is 0.216. The fourth-order valence-electron chi connectivity index (χ4n) is 5.44. The lowest BCUT2D eigenvalue weighted by Crippen LogP contribution is -2.36. The molecule has 10 heteroatoms. The second-order valence-corrected chi connectivity index (χ2v) is 11.1. The van der Waals surface area contributed by atoms with Gasteiger partial charge >= 0.3 is 5.97 Å². The number of carbonyl (C=O) groups excluding carboxylic acids is 1. The summed E-state index contributed by atoms with van der Waals surface area (Å²) in [5.74, 6) is 0.739. The molecule has 2 aromatic heterocycles. The van der Waals surface area contributed by atoms with Gasteiger partial charge in [0.25, 0.3) is 0 Å². The number of carbonyl (C=O) groups is 1. The Morgan fingerprint density at radius 2 is 1.89 bits per heavy atom. The molecule has 2 aliphatic rings. The number of hydrogen-bond acceptors (Lipinski definition) is 10. The molecule has 2 N–H and O–H groups in total. The lowest BCUT2D eigenvalue weighted by atomic mass is 9.92. The molecule has 0 bridgehead atoms. The van der Waals surface area contributed by atoms with Crippen LogP contribution in [0.3, 0.4) is 0 Å². The number of pyridine rings is 2. The van der Waals surface area contributed by atoms with Crippen molar-refractivity contribution in [1.82, 2.24) is 9.97 Å². The van der Waals surface area contributed by atoms with Gasteiger partial charge in [-0.3, -0.25) is 0 Å². The minimum Gasteiger partial charge on any atom is -0.461 e. The Morgan fingerprint density at radius 3 is 2.52 bits per heavy atom. The van der Waals surface area contributed by atoms with E-state index in [1.165, 1.54) is 0 Å². The molecular formula is C34H43N7O3. The van der Waals surface area contributed by atoms with E-state index < -0.39 is 5.97 Å². The van der Waals surface area contributed by atoms with Gasteiger partial charge in [-0.2, -0.15) is 5.26 Å². The number of piperidine rings is 1. The largest absolute Gasteiger partial charge is 0.461 e. The molecule has 0 saturated carbocycles. The van der Waals surface area contributed by atoms with Crippen LogP contribution in [0.2, 0.25) is 0 Å². The third kappa shape index (κ3) is 7.34. The number of hydrogen-bond donors (Lipinski definition) is 2. The van der Waals surface area contributed by atoms with Crippen molar-refractivity contribution in [2.75, 3.05) is 61.1 Å². The minimum absolute atomic E-state index is 0. The number of ether oxygens (including phenoxy) is 2. The summed E-state index contributed by atoms with van der Waals surface area (Å²) in [6.45, 7) is 10.5. The number of rotatable bonds is 9. The van der Waals surface area contributed by atoms with Crippen LogP contribution in [0.15, 0.2) is 48.7 Å². The molecule has 0 amide bonds. The molecule has 0 atom stereocenters. The van der Waals surface area contributed by atoms with Gasteiger partial charge < -0.3 is 30.0 Å². The highest BCUT2D eigenvalue weighted by Gasteiger charge is 2.25. The summed E-state index contributed by atoms with van der Waals surface area (Å²) in [7, 11) is 0. The van der Waals surface area contributed by atoms with Gasteiger partial charge in [-0.1, -0.05) is 27.3 Å². The second kappa shape index (κ2) is 14.8. The minimum atomic E-state index is -0.526. The topological polar surface area (TPSA) is 127 Å². The first kappa shape index (κ1) is 32.4. The monoisotopic (exact) mass is 597 g/mol. The van der Waals surface area contributed by atoms with E-state index in [9.17, 15) is 10.1 Å². The van der Waals surface area contributed by atoms with Crippen molar-refractivity contribution in [3.63, 3.8) is 0 Å². The summed E-state index contributed by atoms with van der Waals surface area (Å²) in [6, 6.07) is 16.1. The van der Waals surface area contributed by atoms with Gasteiger partial charge in [-0.15, -0.1) is 0 Å². The number of morpholine rings is 1. The molecule has 44 heavy (non-hydrogen) atoms. The van der Waals surface area contributed by atoms with Gasteiger partial charge in [0, 0.05) is 66.5 Å². The maximum absolute atomic E-state index is 13.0. The van der Waals surface area contributed by atoms with Gasteiger partial charge in [-0.05, 0) is 67.6 Å². The number of aromatic nitrogens is 2. The van der Waals surface area contributed by atoms with Crippen LogP contribution in [-0.4, -0.2) is 67.6 Å². The first-order valence-corrected chi connectivity index (χ1v) is 15.0. The maximum Gasteiger partial charge on any atom is 0.357 e. The zero-order chi connectivity index (χ0) is 30.3. The highest BCUT2D eigenvalue weighted by molar-refractivity contribution is 6.10. The molecule has 232 valence electrons. The molecule has 0 unspecified atom stereocenters. The summed E-state index contributed by atoms with van der Waals surface area (Å²) in [5.41, 5.74) is 4.49. The van der Waals surface area contributed by atoms with Gasteiger partial charge in [0.15, 0.2) is 5.69 Å². The number of benzene rings is 1. The van der Waals surface area contributed by atoms with Gasteiger partial charge in [0.1, 0.15) is 11.6 Å². The van der Waals surface area contributed by atoms with Crippen LogP contribution in [0.4, 0.5) is 23.0 Å². The molecule has 3 aromatic rings. The highest BCUT2D eigenvalue weighted by atomic mass is 16.5. The van der Waals surface area contributed by atoms with Crippen LogP contribution >= 0.6 is 0 Å². The van der Waals surface area contributed by atoms with E-state index in [2.05, 4.69) is 33.3 Å². The Balaban J connectivity index is 0.00000442. The van der Waals surface area contributed by atoms with Crippen molar-refractivity contribution in [3.8, 4) is 17.2 Å². The summed E-state index contributed by atoms with van der Waals surface area (Å²) in [5, 5.41) is 21.8. The summed E-state index contributed by atoms with van der Waals surface area (Å²) >= 11 is 0. The molecular weight excluding hydrogens is 554 g/mol. The highest BCUT2D eigenvalue weighted by Crippen LogP contribution is 2.34. The fourth-order valence-corrected chi connectivity index (χ4v) is 5.44. The van der Waals surface area contributed by atoms with E-state index in [1.807, 2.05) is 38.1 Å². The number of esters is 1. The zero-order valence-electron chi connectivity index (χ0n) is 25.1. The van der Waals surface area contributed by atoms with Crippen LogP contribution < -0.4 is 15.1 Å². The van der Waals surface area contributed by atoms with Crippen molar-refractivity contribution in [2.24, 2.45) is 11.8 Å². The average molecular weight is 598 g/mol. The Bertz CT molecular complexity index is 1490. The normalized spacial score (nSPS) is 15.3. The molecule has 5 rings (SSSR count). The van der Waals surface area contributed by atoms with E-state index >= 15 is 0 Å². The Morgan fingerprint density at radius 1 is 1.14 bits per heavy atom. The van der Waals surface area contributed by atoms with Crippen molar-refractivity contribution in [1.29, 1.82) is 10.7 Å². The Labute approximate surface area is 260 Å². The predicted molar refractivity (Wildman–Crippen MR) is 175 cm³/mol. The lowest BCUT2D eigenvalue weighted by Gasteiger charge is -2.30. The number of nitrogens with zero attached hydrogens (tertiary/aromatic N) is 5. The molecule has 10 nitrogen and oxygen atoms in total. The number of anilines is 4. The molecule has 4 heterocycles. The van der Waals surface area contributed by atoms with Crippen LogP contribution in [0, 0.1) is 28.6 Å². The van der Waals surface area contributed by atoms with Crippen molar-refractivity contribution in [2.45, 2.75) is 41.0 Å². The molecule has 2 saturated heterocycles. The maximum atomic E-state index is 13.0. The summed E-state index contributed by atoms with van der Waals surface area (Å²) in [4.78, 5) is 26.9. The van der Waals surface area contributed by atoms with Gasteiger partial charge in [0.05, 0.1) is 25.9 Å². The molecule has 1 aromatic carbocycles. The fraction of sp³-hybridized carbons (Fsp3) is 0.441. The molecule has 0 aliphatic carbocycles. The predicted octanol–water partition coefficient (Wildman–Crippen LogP) is 6.30. The van der Waals surface area contributed by atoms with E-state index in [-0.39, 0.29) is 31.6 Å². The first-order chi connectivity index (χ1) is 20.9. The van der Waals surface area contributed by atoms with E-state index in [0.29, 0.717) is 35.9 Å². The van der Waals surface area contributed by atoms with Crippen molar-refractivity contribution in [3.05, 3.63) is 59.9 Å². The average Bonchev–Trinajstić information content (AvgIpc) is 3.05. The van der Waals surface area contributed by atoms with Gasteiger partial charge in [0.2, 0.25) is 0 Å². The van der Waals surface area contributed by atoms with Crippen LogP contribution in [-0.2, 0) is 9.47 Å². The first-order valence-electron chi connectivity index (χ1n) is 15.0. The van der Waals surface area contributed by atoms with E-state index in [1.54, 1.807) is 19.2 Å². The molecule has 0 spiro atoms. The third-order valence-electron chi connectivity index (χ3n) is 7.90. The van der Waals surface area contributed by atoms with Crippen molar-refractivity contribution >= 4 is 34.7 Å². The standard InChI is InChI=1S/C33H39N7O3.CH4/c1-4-43-33(41)28-19-27(24-8-9-29(36-21-24)40-12-10-23(20-34)11-13-40)30(31(35)22(2)3)32(38-28)37-25-6-5-7-26(18-25)39-14-16-42-17-15-39;/h5-9,18-19,21-23,35H,4,10-17H2,1-3H3,(H,37,38);1H4. The van der Waals surface area contributed by atoms with E-state index in [4.69, 9.17) is 24.9 Å². The molecule has 2 aliphatic heterocycles. The SMILES string of the molecule is C.CCOC(=O)c1cc(-c2ccc(N3CCC(C#N)CC3)nc2)c(C(=N)C(C)C)c(Nc2cccc(N3CCOCC3)c2)n1. The number of nitriles is 1. The van der Waals surface area contributed by atoms with Crippen molar-refractivity contribution < 1.29 is 14.3 Å². The lowest BCUT2D eigenvalue weighted by molar-refractivity contribution is 0.0519. The van der Waals surface area contributed by atoms with Crippen LogP contribution in [0.5, 0.6) is 0 Å².